The van der Waals surface area contributed by atoms with Crippen molar-refractivity contribution in [2.45, 2.75) is 0 Å². The van der Waals surface area contributed by atoms with Gasteiger partial charge in [0.1, 0.15) is 10.4 Å². The second kappa shape index (κ2) is 3.53. The van der Waals surface area contributed by atoms with Gasteiger partial charge in [0.2, 0.25) is 0 Å². The second-order valence-electron chi connectivity index (χ2n) is 1.96. The topological polar surface area (TPSA) is 22.1 Å². The molecule has 0 spiro atoms. The molecule has 0 N–H and O–H groups in total. The van der Waals surface area contributed by atoms with Crippen molar-refractivity contribution in [3.05, 3.63) is 29.0 Å². The third-order valence-electron chi connectivity index (χ3n) is 1.23. The van der Waals surface area contributed by atoms with Crippen LogP contribution in [-0.4, -0.2) is 12.1 Å². The summed E-state index contributed by atoms with van der Waals surface area (Å²) in [7, 11) is 1.62. The Kier molecular flexibility index (Phi) is 2.65. The number of pyridine rings is 1. The summed E-state index contributed by atoms with van der Waals surface area (Å²) in [6, 6.07) is 3.62. The molecule has 11 heavy (non-hydrogen) atoms. The molecule has 1 aromatic heterocycles. The Labute approximate surface area is 74.0 Å². The molecule has 0 unspecified atom stereocenters. The van der Waals surface area contributed by atoms with Crippen LogP contribution in [0.2, 0.25) is 0 Å². The molecular weight excluding hydrogens is 206 g/mol. The lowest BCUT2D eigenvalue weighted by atomic mass is 10.3. The summed E-state index contributed by atoms with van der Waals surface area (Å²) in [6.45, 7) is 3.61. The highest BCUT2D eigenvalue weighted by Crippen LogP contribution is 2.17. The van der Waals surface area contributed by atoms with E-state index in [2.05, 4.69) is 27.5 Å². The molecule has 0 amide bonds. The zero-order valence-corrected chi connectivity index (χ0v) is 7.76. The summed E-state index contributed by atoms with van der Waals surface area (Å²) in [5.74, 6) is 0.779. The lowest BCUT2D eigenvalue weighted by Gasteiger charge is -2.00. The molecule has 0 aliphatic rings. The van der Waals surface area contributed by atoms with Gasteiger partial charge in [0.15, 0.2) is 0 Å². The van der Waals surface area contributed by atoms with Crippen LogP contribution in [0.1, 0.15) is 5.69 Å². The number of methoxy groups -OCH3 is 1. The van der Waals surface area contributed by atoms with Crippen LogP contribution in [0.4, 0.5) is 0 Å². The van der Waals surface area contributed by atoms with Gasteiger partial charge in [-0.05, 0) is 22.0 Å². The summed E-state index contributed by atoms with van der Waals surface area (Å²) in [5, 5.41) is 0. The van der Waals surface area contributed by atoms with Crippen molar-refractivity contribution in [3.63, 3.8) is 0 Å². The largest absolute Gasteiger partial charge is 0.497 e. The second-order valence-corrected chi connectivity index (χ2v) is 2.77. The Hall–Kier alpha value is -0.830. The number of aromatic nitrogens is 1. The number of hydrogen-bond donors (Lipinski definition) is 0. The highest BCUT2D eigenvalue weighted by atomic mass is 79.9. The molecule has 2 nitrogen and oxygen atoms in total. The van der Waals surface area contributed by atoms with Crippen molar-refractivity contribution < 1.29 is 4.74 Å². The summed E-state index contributed by atoms with van der Waals surface area (Å²) in [4.78, 5) is 4.12. The number of ether oxygens (including phenoxy) is 1. The molecule has 0 fully saturated rings. The molecule has 0 saturated carbocycles. The molecule has 3 heteroatoms. The van der Waals surface area contributed by atoms with Gasteiger partial charge in [-0.25, -0.2) is 4.98 Å². The predicted octanol–water partition coefficient (Wildman–Crippen LogP) is 2.50. The Morgan fingerprint density at radius 1 is 1.64 bits per heavy atom. The average molecular weight is 214 g/mol. The number of rotatable bonds is 2. The molecule has 0 bridgehead atoms. The number of hydrogen-bond acceptors (Lipinski definition) is 2. The van der Waals surface area contributed by atoms with Gasteiger partial charge in [-0.2, -0.15) is 0 Å². The van der Waals surface area contributed by atoms with E-state index >= 15 is 0 Å². The van der Waals surface area contributed by atoms with E-state index in [1.165, 1.54) is 0 Å². The summed E-state index contributed by atoms with van der Waals surface area (Å²) in [6.07, 6.45) is 1.67. The molecule has 0 aliphatic carbocycles. The quantitative estimate of drug-likeness (QED) is 0.705. The van der Waals surface area contributed by atoms with Crippen LogP contribution in [0.25, 0.3) is 6.08 Å². The fraction of sp³-hybridized carbons (Fsp3) is 0.125. The van der Waals surface area contributed by atoms with E-state index < -0.39 is 0 Å². The Morgan fingerprint density at radius 2 is 2.36 bits per heavy atom. The van der Waals surface area contributed by atoms with E-state index in [0.717, 1.165) is 16.0 Å². The molecular formula is C8H8BrNO. The fourth-order valence-corrected chi connectivity index (χ4v) is 1.15. The van der Waals surface area contributed by atoms with Crippen LogP contribution in [0, 0.1) is 0 Å². The zero-order chi connectivity index (χ0) is 8.27. The lowest BCUT2D eigenvalue weighted by Crippen LogP contribution is -1.87. The third kappa shape index (κ3) is 2.05. The van der Waals surface area contributed by atoms with Gasteiger partial charge in [0.05, 0.1) is 12.8 Å². The SMILES string of the molecule is C=Cc1cc(OC)cc(Br)n1. The van der Waals surface area contributed by atoms with Crippen LogP contribution in [0.5, 0.6) is 5.75 Å². The maximum Gasteiger partial charge on any atom is 0.123 e. The first-order chi connectivity index (χ1) is 5.26. The molecule has 0 aliphatic heterocycles. The van der Waals surface area contributed by atoms with Crippen molar-refractivity contribution in [3.8, 4) is 5.75 Å². The van der Waals surface area contributed by atoms with Crippen molar-refractivity contribution in [1.29, 1.82) is 0 Å². The number of halogens is 1. The van der Waals surface area contributed by atoms with E-state index in [1.807, 2.05) is 6.07 Å². The predicted molar refractivity (Wildman–Crippen MR) is 48.6 cm³/mol. The van der Waals surface area contributed by atoms with E-state index in [-0.39, 0.29) is 0 Å². The molecule has 1 aromatic rings. The Morgan fingerprint density at radius 3 is 2.91 bits per heavy atom. The molecule has 1 heterocycles. The number of nitrogens with zero attached hydrogens (tertiary/aromatic N) is 1. The minimum absolute atomic E-state index is 0.756. The van der Waals surface area contributed by atoms with Crippen LogP contribution in [-0.2, 0) is 0 Å². The maximum atomic E-state index is 5.02. The fourth-order valence-electron chi connectivity index (χ4n) is 0.715. The van der Waals surface area contributed by atoms with Gasteiger partial charge in [0.25, 0.3) is 0 Å². The molecule has 0 aromatic carbocycles. The van der Waals surface area contributed by atoms with Gasteiger partial charge in [0, 0.05) is 12.1 Å². The van der Waals surface area contributed by atoms with Gasteiger partial charge in [-0.1, -0.05) is 6.58 Å². The molecule has 58 valence electrons. The molecule has 0 radical (unpaired) electrons. The first-order valence-corrected chi connectivity index (χ1v) is 3.89. The van der Waals surface area contributed by atoms with Crippen molar-refractivity contribution in [1.82, 2.24) is 4.98 Å². The van der Waals surface area contributed by atoms with E-state index in [9.17, 15) is 0 Å². The van der Waals surface area contributed by atoms with E-state index in [0.29, 0.717) is 0 Å². The zero-order valence-electron chi connectivity index (χ0n) is 6.17. The smallest absolute Gasteiger partial charge is 0.123 e. The Bertz CT molecular complexity index is 273. The van der Waals surface area contributed by atoms with Crippen molar-refractivity contribution in [2.75, 3.05) is 7.11 Å². The van der Waals surface area contributed by atoms with Crippen LogP contribution < -0.4 is 4.74 Å². The molecule has 0 saturated heterocycles. The molecule has 0 atom stereocenters. The van der Waals surface area contributed by atoms with Gasteiger partial charge in [-0.3, -0.25) is 0 Å². The van der Waals surface area contributed by atoms with E-state index in [1.54, 1.807) is 19.3 Å². The average Bonchev–Trinajstić information content (AvgIpc) is 2.03. The van der Waals surface area contributed by atoms with Gasteiger partial charge in [-0.15, -0.1) is 0 Å². The first-order valence-electron chi connectivity index (χ1n) is 3.10. The summed E-state index contributed by atoms with van der Waals surface area (Å²) < 4.78 is 5.78. The first kappa shape index (κ1) is 8.27. The van der Waals surface area contributed by atoms with Crippen LogP contribution in [0.3, 0.4) is 0 Å². The minimum Gasteiger partial charge on any atom is -0.497 e. The van der Waals surface area contributed by atoms with E-state index in [4.69, 9.17) is 4.74 Å². The van der Waals surface area contributed by atoms with Crippen molar-refractivity contribution >= 4 is 22.0 Å². The monoisotopic (exact) mass is 213 g/mol. The Balaban J connectivity index is 3.11. The highest BCUT2D eigenvalue weighted by Gasteiger charge is 1.96. The van der Waals surface area contributed by atoms with Crippen molar-refractivity contribution in [2.24, 2.45) is 0 Å². The molecule has 1 rings (SSSR count). The third-order valence-corrected chi connectivity index (χ3v) is 1.64. The normalized spacial score (nSPS) is 9.27. The standard InChI is InChI=1S/C8H8BrNO/c1-3-6-4-7(11-2)5-8(9)10-6/h3-5H,1H2,2H3. The van der Waals surface area contributed by atoms with Crippen LogP contribution >= 0.6 is 15.9 Å². The lowest BCUT2D eigenvalue weighted by molar-refractivity contribution is 0.413. The highest BCUT2D eigenvalue weighted by molar-refractivity contribution is 9.10. The minimum atomic E-state index is 0.756. The van der Waals surface area contributed by atoms with Gasteiger partial charge >= 0.3 is 0 Å². The van der Waals surface area contributed by atoms with Crippen LogP contribution in [0.15, 0.2) is 23.3 Å². The summed E-state index contributed by atoms with van der Waals surface area (Å²) >= 11 is 3.26. The maximum absolute atomic E-state index is 5.02. The van der Waals surface area contributed by atoms with Gasteiger partial charge < -0.3 is 4.74 Å². The summed E-state index contributed by atoms with van der Waals surface area (Å²) in [5.41, 5.74) is 0.802.